The summed E-state index contributed by atoms with van der Waals surface area (Å²) in [6.45, 7) is 7.27. The van der Waals surface area contributed by atoms with E-state index in [9.17, 15) is 4.79 Å². The van der Waals surface area contributed by atoms with Gasteiger partial charge in [-0.05, 0) is 55.3 Å². The lowest BCUT2D eigenvalue weighted by molar-refractivity contribution is 0.0985. The van der Waals surface area contributed by atoms with E-state index in [0.29, 0.717) is 13.0 Å². The Morgan fingerprint density at radius 3 is 2.77 bits per heavy atom. The highest BCUT2D eigenvalue weighted by Gasteiger charge is 2.26. The van der Waals surface area contributed by atoms with Gasteiger partial charge in [0.2, 0.25) is 0 Å². The van der Waals surface area contributed by atoms with Crippen LogP contribution < -0.4 is 5.73 Å². The zero-order valence-corrected chi connectivity index (χ0v) is 14.0. The summed E-state index contributed by atoms with van der Waals surface area (Å²) in [5.41, 5.74) is 10.5. The minimum Gasteiger partial charge on any atom is -0.330 e. The van der Waals surface area contributed by atoms with Crippen LogP contribution >= 0.6 is 0 Å². The summed E-state index contributed by atoms with van der Waals surface area (Å²) in [6, 6.07) is 7.81. The second kappa shape index (κ2) is 7.06. The molecular formula is C20H27NO. The molecule has 0 fully saturated rings. The van der Waals surface area contributed by atoms with E-state index in [-0.39, 0.29) is 11.2 Å². The van der Waals surface area contributed by atoms with E-state index in [1.807, 2.05) is 24.3 Å². The van der Waals surface area contributed by atoms with Gasteiger partial charge in [-0.2, -0.15) is 0 Å². The highest BCUT2D eigenvalue weighted by Crippen LogP contribution is 2.40. The van der Waals surface area contributed by atoms with Gasteiger partial charge in [0.1, 0.15) is 0 Å². The van der Waals surface area contributed by atoms with Gasteiger partial charge in [-0.15, -0.1) is 0 Å². The molecule has 0 aliphatic heterocycles. The van der Waals surface area contributed by atoms with Crippen molar-refractivity contribution in [3.8, 4) is 0 Å². The summed E-state index contributed by atoms with van der Waals surface area (Å²) in [6.07, 6.45) is 8.48. The molecule has 2 heteroatoms. The standard InChI is InChI=1S/C20H27NO/c1-15-6-5-12-20(2,3)18(15)10-9-16-7-4-8-17(14-16)19(22)11-13-21/h4,7-10,14H,5-6,11-13,21H2,1-3H3/b10-9+. The Kier molecular flexibility index (Phi) is 5.36. The molecule has 2 nitrogen and oxygen atoms in total. The molecule has 2 N–H and O–H groups in total. The SMILES string of the molecule is CC1=C(/C=C/c2cccc(C(=O)CCN)c2)C(C)(C)CCC1. The predicted octanol–water partition coefficient (Wildman–Crippen LogP) is 4.76. The predicted molar refractivity (Wildman–Crippen MR) is 93.8 cm³/mol. The van der Waals surface area contributed by atoms with Crippen molar-refractivity contribution in [2.45, 2.75) is 46.5 Å². The van der Waals surface area contributed by atoms with Crippen LogP contribution in [0.3, 0.4) is 0 Å². The van der Waals surface area contributed by atoms with Crippen LogP contribution in [0.15, 0.2) is 41.5 Å². The lowest BCUT2D eigenvalue weighted by atomic mass is 9.72. The highest BCUT2D eigenvalue weighted by molar-refractivity contribution is 5.96. The van der Waals surface area contributed by atoms with Crippen molar-refractivity contribution in [2.24, 2.45) is 11.1 Å². The number of hydrogen-bond donors (Lipinski definition) is 1. The van der Waals surface area contributed by atoms with Crippen LogP contribution in [-0.2, 0) is 0 Å². The van der Waals surface area contributed by atoms with Crippen molar-refractivity contribution in [1.29, 1.82) is 0 Å². The number of carbonyl (C=O) groups excluding carboxylic acids is 1. The minimum atomic E-state index is 0.117. The van der Waals surface area contributed by atoms with Crippen molar-refractivity contribution < 1.29 is 4.79 Å². The molecule has 0 amide bonds. The van der Waals surface area contributed by atoms with Crippen LogP contribution in [0.5, 0.6) is 0 Å². The molecule has 1 aliphatic carbocycles. The maximum Gasteiger partial charge on any atom is 0.164 e. The highest BCUT2D eigenvalue weighted by atomic mass is 16.1. The van der Waals surface area contributed by atoms with Gasteiger partial charge in [0, 0.05) is 12.0 Å². The van der Waals surface area contributed by atoms with E-state index >= 15 is 0 Å². The molecule has 2 rings (SSSR count). The summed E-state index contributed by atoms with van der Waals surface area (Å²) < 4.78 is 0. The van der Waals surface area contributed by atoms with E-state index in [1.54, 1.807) is 0 Å². The van der Waals surface area contributed by atoms with E-state index in [0.717, 1.165) is 11.1 Å². The van der Waals surface area contributed by atoms with Gasteiger partial charge in [-0.3, -0.25) is 4.79 Å². The largest absolute Gasteiger partial charge is 0.330 e. The van der Waals surface area contributed by atoms with Crippen LogP contribution in [0.1, 0.15) is 62.4 Å². The molecule has 0 atom stereocenters. The van der Waals surface area contributed by atoms with Gasteiger partial charge in [-0.25, -0.2) is 0 Å². The first-order valence-electron chi connectivity index (χ1n) is 8.16. The Bertz CT molecular complexity index is 608. The first kappa shape index (κ1) is 16.7. The number of benzene rings is 1. The summed E-state index contributed by atoms with van der Waals surface area (Å²) >= 11 is 0. The van der Waals surface area contributed by atoms with Crippen molar-refractivity contribution >= 4 is 11.9 Å². The Hall–Kier alpha value is -1.67. The van der Waals surface area contributed by atoms with Gasteiger partial charge in [0.05, 0.1) is 0 Å². The molecule has 1 aromatic carbocycles. The number of carbonyl (C=O) groups is 1. The summed E-state index contributed by atoms with van der Waals surface area (Å²) in [5, 5.41) is 0. The monoisotopic (exact) mass is 297 g/mol. The van der Waals surface area contributed by atoms with Crippen molar-refractivity contribution in [3.05, 3.63) is 52.6 Å². The van der Waals surface area contributed by atoms with Crippen LogP contribution in [0, 0.1) is 5.41 Å². The third kappa shape index (κ3) is 3.95. The maximum atomic E-state index is 11.9. The zero-order chi connectivity index (χ0) is 16.2. The molecule has 0 heterocycles. The molecular weight excluding hydrogens is 270 g/mol. The minimum absolute atomic E-state index is 0.117. The molecule has 0 bridgehead atoms. The molecule has 0 saturated heterocycles. The van der Waals surface area contributed by atoms with E-state index < -0.39 is 0 Å². The van der Waals surface area contributed by atoms with Gasteiger partial charge in [-0.1, -0.05) is 49.8 Å². The molecule has 0 unspecified atom stereocenters. The van der Waals surface area contributed by atoms with Crippen molar-refractivity contribution in [1.82, 2.24) is 0 Å². The van der Waals surface area contributed by atoms with Crippen LogP contribution in [0.4, 0.5) is 0 Å². The molecule has 118 valence electrons. The second-order valence-electron chi connectivity index (χ2n) is 6.85. The third-order valence-electron chi connectivity index (χ3n) is 4.56. The quantitative estimate of drug-likeness (QED) is 0.796. The average molecular weight is 297 g/mol. The molecule has 0 saturated carbocycles. The van der Waals surface area contributed by atoms with Gasteiger partial charge < -0.3 is 5.73 Å². The van der Waals surface area contributed by atoms with E-state index in [4.69, 9.17) is 5.73 Å². The van der Waals surface area contributed by atoms with Crippen LogP contribution in [-0.4, -0.2) is 12.3 Å². The first-order valence-corrected chi connectivity index (χ1v) is 8.16. The fourth-order valence-electron chi connectivity index (χ4n) is 3.28. The van der Waals surface area contributed by atoms with Crippen molar-refractivity contribution in [3.63, 3.8) is 0 Å². The average Bonchev–Trinajstić information content (AvgIpc) is 2.46. The topological polar surface area (TPSA) is 43.1 Å². The molecule has 0 spiro atoms. The Balaban J connectivity index is 2.23. The number of ketones is 1. The molecule has 0 radical (unpaired) electrons. The fraction of sp³-hybridized carbons (Fsp3) is 0.450. The number of rotatable bonds is 5. The fourth-order valence-corrected chi connectivity index (χ4v) is 3.28. The second-order valence-corrected chi connectivity index (χ2v) is 6.85. The van der Waals surface area contributed by atoms with Crippen molar-refractivity contribution in [2.75, 3.05) is 6.54 Å². The van der Waals surface area contributed by atoms with Crippen LogP contribution in [0.25, 0.3) is 6.08 Å². The summed E-state index contributed by atoms with van der Waals surface area (Å²) in [4.78, 5) is 11.9. The first-order chi connectivity index (χ1) is 10.4. The molecule has 0 aromatic heterocycles. The number of allylic oxidation sites excluding steroid dienone is 3. The smallest absolute Gasteiger partial charge is 0.164 e. The van der Waals surface area contributed by atoms with Gasteiger partial charge in [0.15, 0.2) is 5.78 Å². The maximum absolute atomic E-state index is 11.9. The normalized spacial score (nSPS) is 18.0. The number of Topliss-reactive ketones (excluding diaryl/α,β-unsaturated/α-hetero) is 1. The third-order valence-corrected chi connectivity index (χ3v) is 4.56. The Morgan fingerprint density at radius 1 is 1.32 bits per heavy atom. The van der Waals surface area contributed by atoms with Gasteiger partial charge in [0.25, 0.3) is 0 Å². The summed E-state index contributed by atoms with van der Waals surface area (Å²) in [7, 11) is 0. The van der Waals surface area contributed by atoms with Crippen LogP contribution in [0.2, 0.25) is 0 Å². The van der Waals surface area contributed by atoms with E-state index in [2.05, 4.69) is 32.9 Å². The van der Waals surface area contributed by atoms with Gasteiger partial charge >= 0.3 is 0 Å². The lowest BCUT2D eigenvalue weighted by Crippen LogP contribution is -2.18. The molecule has 22 heavy (non-hydrogen) atoms. The zero-order valence-electron chi connectivity index (χ0n) is 14.0. The van der Waals surface area contributed by atoms with E-state index in [1.165, 1.54) is 30.4 Å². The molecule has 1 aromatic rings. The summed E-state index contributed by atoms with van der Waals surface area (Å²) in [5.74, 6) is 0.117. The lowest BCUT2D eigenvalue weighted by Gasteiger charge is -2.32. The number of nitrogens with two attached hydrogens (primary N) is 1. The molecule has 1 aliphatic rings. The Morgan fingerprint density at radius 2 is 2.09 bits per heavy atom. The number of hydrogen-bond acceptors (Lipinski definition) is 2. The Labute approximate surface area is 134 Å².